The molecule has 0 radical (unpaired) electrons. The lowest BCUT2D eigenvalue weighted by molar-refractivity contribution is 0.0862. The van der Waals surface area contributed by atoms with Crippen molar-refractivity contribution in [2.45, 2.75) is 26.0 Å². The van der Waals surface area contributed by atoms with E-state index < -0.39 is 0 Å². The summed E-state index contributed by atoms with van der Waals surface area (Å²) in [6, 6.07) is 10.1. The Kier molecular flexibility index (Phi) is 3.84. The van der Waals surface area contributed by atoms with Crippen molar-refractivity contribution in [2.24, 2.45) is 4.99 Å². The summed E-state index contributed by atoms with van der Waals surface area (Å²) in [6.45, 7) is 8.78. The largest absolute Gasteiger partial charge is 0.374 e. The molecule has 0 atom stereocenters. The number of aliphatic imine (C=N–C) groups is 1. The van der Waals surface area contributed by atoms with Crippen LogP contribution in [0.15, 0.2) is 35.3 Å². The molecule has 0 spiro atoms. The molecule has 0 saturated carbocycles. The van der Waals surface area contributed by atoms with Crippen LogP contribution in [0.2, 0.25) is 0 Å². The Morgan fingerprint density at radius 3 is 2.50 bits per heavy atom. The third-order valence-corrected chi connectivity index (χ3v) is 1.99. The van der Waals surface area contributed by atoms with E-state index >= 15 is 0 Å². The molecule has 14 heavy (non-hydrogen) atoms. The minimum Gasteiger partial charge on any atom is -0.374 e. The van der Waals surface area contributed by atoms with E-state index in [4.69, 9.17) is 4.74 Å². The highest BCUT2D eigenvalue weighted by Crippen LogP contribution is 2.09. The molecule has 0 N–H and O–H groups in total. The smallest absolute Gasteiger partial charge is 0.0777 e. The van der Waals surface area contributed by atoms with Gasteiger partial charge in [-0.25, -0.2) is 0 Å². The molecule has 0 heterocycles. The van der Waals surface area contributed by atoms with Crippen LogP contribution in [0.5, 0.6) is 0 Å². The fourth-order valence-corrected chi connectivity index (χ4v) is 1.04. The first-order valence-electron chi connectivity index (χ1n) is 4.73. The summed E-state index contributed by atoms with van der Waals surface area (Å²) < 4.78 is 5.54. The summed E-state index contributed by atoms with van der Waals surface area (Å²) in [5, 5.41) is 0. The molecule has 0 unspecified atom stereocenters. The SMILES string of the molecule is C=NC(C)(C)COCc1ccccc1. The van der Waals surface area contributed by atoms with Crippen LogP contribution in [0.1, 0.15) is 19.4 Å². The highest BCUT2D eigenvalue weighted by atomic mass is 16.5. The Bertz CT molecular complexity index is 280. The van der Waals surface area contributed by atoms with E-state index in [1.807, 2.05) is 44.2 Å². The number of hydrogen-bond acceptors (Lipinski definition) is 2. The molecule has 0 aliphatic carbocycles. The molecule has 0 fully saturated rings. The van der Waals surface area contributed by atoms with Crippen molar-refractivity contribution in [1.29, 1.82) is 0 Å². The van der Waals surface area contributed by atoms with Crippen molar-refractivity contribution in [3.05, 3.63) is 35.9 Å². The van der Waals surface area contributed by atoms with Gasteiger partial charge in [0.2, 0.25) is 0 Å². The quantitative estimate of drug-likeness (QED) is 0.656. The number of ether oxygens (including phenoxy) is 1. The highest BCUT2D eigenvalue weighted by molar-refractivity contribution is 5.25. The summed E-state index contributed by atoms with van der Waals surface area (Å²) in [4.78, 5) is 3.98. The summed E-state index contributed by atoms with van der Waals surface area (Å²) in [5.41, 5.74) is 1.00. The normalized spacial score (nSPS) is 11.3. The summed E-state index contributed by atoms with van der Waals surface area (Å²) >= 11 is 0. The standard InChI is InChI=1S/C12H17NO/c1-12(2,13-3)10-14-9-11-7-5-4-6-8-11/h4-8H,3,9-10H2,1-2H3. The van der Waals surface area contributed by atoms with Crippen LogP contribution in [0, 0.1) is 0 Å². The van der Waals surface area contributed by atoms with E-state index in [0.29, 0.717) is 13.2 Å². The summed E-state index contributed by atoms with van der Waals surface area (Å²) in [5.74, 6) is 0. The minimum atomic E-state index is -0.186. The van der Waals surface area contributed by atoms with Gasteiger partial charge in [-0.1, -0.05) is 30.3 Å². The van der Waals surface area contributed by atoms with Crippen LogP contribution >= 0.6 is 0 Å². The average molecular weight is 191 g/mol. The summed E-state index contributed by atoms with van der Waals surface area (Å²) in [7, 11) is 0. The van der Waals surface area contributed by atoms with Crippen molar-refractivity contribution in [3.63, 3.8) is 0 Å². The molecule has 2 nitrogen and oxygen atoms in total. The van der Waals surface area contributed by atoms with Gasteiger partial charge < -0.3 is 4.74 Å². The van der Waals surface area contributed by atoms with Gasteiger partial charge in [-0.05, 0) is 26.1 Å². The van der Waals surface area contributed by atoms with Crippen molar-refractivity contribution in [1.82, 2.24) is 0 Å². The predicted octanol–water partition coefficient (Wildman–Crippen LogP) is 2.68. The molecule has 1 aromatic rings. The van der Waals surface area contributed by atoms with Crippen molar-refractivity contribution < 1.29 is 4.74 Å². The first kappa shape index (κ1) is 10.9. The molecule has 0 aliphatic rings. The van der Waals surface area contributed by atoms with Gasteiger partial charge in [0.25, 0.3) is 0 Å². The van der Waals surface area contributed by atoms with E-state index in [1.165, 1.54) is 5.56 Å². The lowest BCUT2D eigenvalue weighted by Gasteiger charge is -2.18. The van der Waals surface area contributed by atoms with Gasteiger partial charge in [-0.15, -0.1) is 0 Å². The minimum absolute atomic E-state index is 0.186. The molecule has 0 amide bonds. The predicted molar refractivity (Wildman–Crippen MR) is 59.7 cm³/mol. The van der Waals surface area contributed by atoms with Crippen molar-refractivity contribution in [3.8, 4) is 0 Å². The fraction of sp³-hybridized carbons (Fsp3) is 0.417. The molecule has 0 bridgehead atoms. The average Bonchev–Trinajstić information content (AvgIpc) is 2.19. The summed E-state index contributed by atoms with van der Waals surface area (Å²) in [6.07, 6.45) is 0. The second-order valence-corrected chi connectivity index (χ2v) is 3.95. The molecular formula is C12H17NO. The number of benzene rings is 1. The Labute approximate surface area is 85.6 Å². The van der Waals surface area contributed by atoms with E-state index in [2.05, 4.69) is 11.7 Å². The van der Waals surface area contributed by atoms with Gasteiger partial charge >= 0.3 is 0 Å². The van der Waals surface area contributed by atoms with Crippen LogP contribution in [0.4, 0.5) is 0 Å². The first-order chi connectivity index (χ1) is 6.64. The van der Waals surface area contributed by atoms with Crippen LogP contribution in [0.3, 0.4) is 0 Å². The van der Waals surface area contributed by atoms with Crippen LogP contribution in [0.25, 0.3) is 0 Å². The molecule has 2 heteroatoms. The maximum Gasteiger partial charge on any atom is 0.0777 e. The maximum atomic E-state index is 5.54. The maximum absolute atomic E-state index is 5.54. The second kappa shape index (κ2) is 4.91. The van der Waals surface area contributed by atoms with E-state index in [-0.39, 0.29) is 5.54 Å². The van der Waals surface area contributed by atoms with Crippen molar-refractivity contribution in [2.75, 3.05) is 6.61 Å². The Balaban J connectivity index is 2.32. The zero-order valence-electron chi connectivity index (χ0n) is 8.86. The zero-order valence-corrected chi connectivity index (χ0v) is 8.86. The molecule has 0 aliphatic heterocycles. The first-order valence-corrected chi connectivity index (χ1v) is 4.73. The lowest BCUT2D eigenvalue weighted by atomic mass is 10.1. The molecule has 1 aromatic carbocycles. The van der Waals surface area contributed by atoms with Gasteiger partial charge in [0.1, 0.15) is 0 Å². The van der Waals surface area contributed by atoms with Gasteiger partial charge in [-0.3, -0.25) is 4.99 Å². The second-order valence-electron chi connectivity index (χ2n) is 3.95. The molecular weight excluding hydrogens is 174 g/mol. The van der Waals surface area contributed by atoms with E-state index in [0.717, 1.165) is 0 Å². The molecule has 76 valence electrons. The van der Waals surface area contributed by atoms with Gasteiger partial charge in [0, 0.05) is 0 Å². The van der Waals surface area contributed by atoms with Crippen LogP contribution in [-0.2, 0) is 11.3 Å². The zero-order chi connectivity index (χ0) is 10.4. The van der Waals surface area contributed by atoms with Gasteiger partial charge in [0.15, 0.2) is 0 Å². The Morgan fingerprint density at radius 2 is 1.93 bits per heavy atom. The number of rotatable bonds is 5. The molecule has 1 rings (SSSR count). The lowest BCUT2D eigenvalue weighted by Crippen LogP contribution is -2.23. The third kappa shape index (κ3) is 3.71. The number of nitrogens with zero attached hydrogens (tertiary/aromatic N) is 1. The Hall–Kier alpha value is -1.15. The van der Waals surface area contributed by atoms with Crippen LogP contribution < -0.4 is 0 Å². The molecule has 0 aromatic heterocycles. The highest BCUT2D eigenvalue weighted by Gasteiger charge is 2.13. The van der Waals surface area contributed by atoms with E-state index in [1.54, 1.807) is 0 Å². The van der Waals surface area contributed by atoms with E-state index in [9.17, 15) is 0 Å². The molecule has 0 saturated heterocycles. The monoisotopic (exact) mass is 191 g/mol. The third-order valence-electron chi connectivity index (χ3n) is 1.99. The Morgan fingerprint density at radius 1 is 1.29 bits per heavy atom. The topological polar surface area (TPSA) is 21.6 Å². The van der Waals surface area contributed by atoms with Gasteiger partial charge in [0.05, 0.1) is 18.8 Å². The van der Waals surface area contributed by atoms with Crippen LogP contribution in [-0.4, -0.2) is 18.9 Å². The van der Waals surface area contributed by atoms with Gasteiger partial charge in [-0.2, -0.15) is 0 Å². The van der Waals surface area contributed by atoms with Crippen molar-refractivity contribution >= 4 is 6.72 Å². The fourth-order valence-electron chi connectivity index (χ4n) is 1.04. The number of hydrogen-bond donors (Lipinski definition) is 0.